The second-order valence-corrected chi connectivity index (χ2v) is 12.7. The summed E-state index contributed by atoms with van der Waals surface area (Å²) in [5, 5.41) is 20.8. The molecular weight excluding hydrogens is 634 g/mol. The van der Waals surface area contributed by atoms with E-state index in [2.05, 4.69) is 31.7 Å². The maximum Gasteiger partial charge on any atom is 0.305 e. The number of carbonyl (C=O) groups is 5. The molecule has 7 N–H and O–H groups in total. The zero-order valence-electron chi connectivity index (χ0n) is 29.4. The first kappa shape index (κ1) is 38.3. The minimum Gasteiger partial charge on any atom is -0.508 e. The molecule has 12 nitrogen and oxygen atoms in total. The fraction of sp³-hybridized carbons (Fsp3) is 0.514. The van der Waals surface area contributed by atoms with Crippen LogP contribution >= 0.6 is 11.8 Å². The van der Waals surface area contributed by atoms with Crippen molar-refractivity contribution in [1.29, 1.82) is 0 Å². The van der Waals surface area contributed by atoms with Crippen molar-refractivity contribution in [2.24, 2.45) is 5.73 Å². The molecule has 0 aromatic heterocycles. The molecule has 264 valence electrons. The number of carbonyl (C=O) groups excluding carboxylic acids is 5. The van der Waals surface area contributed by atoms with Gasteiger partial charge in [-0.3, -0.25) is 24.0 Å². The second kappa shape index (κ2) is 21.7. The van der Waals surface area contributed by atoms with Crippen molar-refractivity contribution in [2.75, 3.05) is 32.2 Å². The van der Waals surface area contributed by atoms with Crippen molar-refractivity contribution < 1.29 is 35.2 Å². The summed E-state index contributed by atoms with van der Waals surface area (Å²) in [4.78, 5) is 63.8. The number of phenolic OH excluding ortho intramolecular Hbond substituents is 1. The Morgan fingerprint density at radius 1 is 0.896 bits per heavy atom. The van der Waals surface area contributed by atoms with Gasteiger partial charge in [0.25, 0.3) is 0 Å². The van der Waals surface area contributed by atoms with Gasteiger partial charge in [0.15, 0.2) is 0 Å². The first-order chi connectivity index (χ1) is 23.5. The van der Waals surface area contributed by atoms with Crippen LogP contribution in [0.15, 0.2) is 42.5 Å². The van der Waals surface area contributed by atoms with Gasteiger partial charge in [0, 0.05) is 19.4 Å². The summed E-state index contributed by atoms with van der Waals surface area (Å²) in [5.74, 6) is -1.59. The molecule has 0 aliphatic carbocycles. The molecule has 0 heterocycles. The molecule has 0 spiro atoms. The quantitative estimate of drug-likeness (QED) is 0.0797. The fourth-order valence-corrected chi connectivity index (χ4v) is 5.62. The first-order valence-corrected chi connectivity index (χ1v) is 17.6. The molecule has 0 saturated heterocycles. The van der Waals surface area contributed by atoms with Crippen LogP contribution in [0.2, 0.25) is 1.41 Å². The van der Waals surface area contributed by atoms with E-state index in [9.17, 15) is 29.1 Å². The van der Waals surface area contributed by atoms with Crippen LogP contribution in [-0.2, 0) is 41.6 Å². The van der Waals surface area contributed by atoms with Crippen LogP contribution in [0.1, 0.15) is 60.8 Å². The average molecular weight is 687 g/mol. The Morgan fingerprint density at radius 2 is 1.56 bits per heavy atom. The molecule has 48 heavy (non-hydrogen) atoms. The summed E-state index contributed by atoms with van der Waals surface area (Å²) in [6, 6.07) is 9.64. The molecule has 2 aromatic carbocycles. The lowest BCUT2D eigenvalue weighted by Crippen LogP contribution is -2.54. The minimum absolute atomic E-state index is 0.115. The Labute approximate surface area is 289 Å². The third kappa shape index (κ3) is 14.8. The van der Waals surface area contributed by atoms with Crippen LogP contribution in [0.25, 0.3) is 0 Å². The molecular formula is C35H51N5O7S. The van der Waals surface area contributed by atoms with Crippen molar-refractivity contribution in [3.8, 4) is 5.75 Å². The lowest BCUT2D eigenvalue weighted by molar-refractivity contribution is -0.140. The highest BCUT2D eigenvalue weighted by molar-refractivity contribution is 7.98. The molecule has 0 radical (unpaired) electrons. The summed E-state index contributed by atoms with van der Waals surface area (Å²) >= 11 is 1.50. The molecule has 0 saturated carbocycles. The first-order valence-electron chi connectivity index (χ1n) is 16.7. The number of amides is 4. The summed E-state index contributed by atoms with van der Waals surface area (Å²) in [5.41, 5.74) is 5.49. The van der Waals surface area contributed by atoms with Crippen LogP contribution in [0, 0.1) is 13.8 Å². The van der Waals surface area contributed by atoms with Gasteiger partial charge in [0.1, 0.15) is 19.2 Å². The number of methoxy groups -OCH3 is 1. The highest BCUT2D eigenvalue weighted by atomic mass is 32.2. The number of benzene rings is 2. The number of aryl methyl sites for hydroxylation is 2. The van der Waals surface area contributed by atoms with E-state index >= 15 is 0 Å². The van der Waals surface area contributed by atoms with E-state index in [4.69, 9.17) is 1.41 Å². The number of aromatic hydroxyl groups is 1. The van der Waals surface area contributed by atoms with Gasteiger partial charge in [-0.25, -0.2) is 0 Å². The number of hydrogen-bond donors (Lipinski definition) is 6. The molecule has 13 heteroatoms. The molecule has 0 aliphatic heterocycles. The third-order valence-electron chi connectivity index (χ3n) is 7.84. The van der Waals surface area contributed by atoms with E-state index in [0.29, 0.717) is 38.0 Å². The summed E-state index contributed by atoms with van der Waals surface area (Å²) in [6.45, 7) is 3.63. The minimum atomic E-state index is -0.966. The topological polar surface area (TPSA) is 189 Å². The second-order valence-electron chi connectivity index (χ2n) is 11.7. The van der Waals surface area contributed by atoms with Gasteiger partial charge in [-0.1, -0.05) is 43.2 Å². The summed E-state index contributed by atoms with van der Waals surface area (Å²) in [7, 11) is 1.36. The number of nitrogens with one attached hydrogen (secondary N) is 4. The van der Waals surface area contributed by atoms with Crippen LogP contribution < -0.4 is 27.0 Å². The summed E-state index contributed by atoms with van der Waals surface area (Å²) in [6.07, 6.45) is 6.02. The number of unbranched alkanes of at least 4 members (excludes halogenated alkanes) is 3. The predicted octanol–water partition coefficient (Wildman–Crippen LogP) is 2.20. The van der Waals surface area contributed by atoms with Crippen LogP contribution in [0.4, 0.5) is 0 Å². The van der Waals surface area contributed by atoms with E-state index in [1.165, 1.54) is 18.9 Å². The lowest BCUT2D eigenvalue weighted by Gasteiger charge is -2.22. The Morgan fingerprint density at radius 3 is 2.21 bits per heavy atom. The maximum absolute atomic E-state index is 13.2. The number of thioether (sulfide) groups is 1. The van der Waals surface area contributed by atoms with E-state index < -0.39 is 42.4 Å². The highest BCUT2D eigenvalue weighted by Crippen LogP contribution is 2.22. The molecule has 0 unspecified atom stereocenters. The van der Waals surface area contributed by atoms with E-state index in [-0.39, 0.29) is 30.5 Å². The van der Waals surface area contributed by atoms with Gasteiger partial charge < -0.3 is 36.8 Å². The number of esters is 1. The number of hydrogen-bond acceptors (Lipinski definition) is 9. The lowest BCUT2D eigenvalue weighted by atomic mass is 9.96. The molecule has 2 rings (SSSR count). The molecule has 2 aromatic rings. The van der Waals surface area contributed by atoms with Gasteiger partial charge in [-0.15, -0.1) is 0 Å². The van der Waals surface area contributed by atoms with E-state index in [1.807, 2.05) is 50.4 Å². The monoisotopic (exact) mass is 686 g/mol. The van der Waals surface area contributed by atoms with Crippen molar-refractivity contribution >= 4 is 41.4 Å². The zero-order chi connectivity index (χ0) is 36.2. The maximum atomic E-state index is 13.2. The largest absolute Gasteiger partial charge is 0.508 e. The summed E-state index contributed by atoms with van der Waals surface area (Å²) < 4.78 is 12.4. The van der Waals surface area contributed by atoms with Gasteiger partial charge in [-0.05, 0) is 85.9 Å². The van der Waals surface area contributed by atoms with Gasteiger partial charge in [-0.2, -0.15) is 11.8 Å². The van der Waals surface area contributed by atoms with Crippen molar-refractivity contribution in [3.05, 3.63) is 64.7 Å². The Bertz CT molecular complexity index is 1360. The van der Waals surface area contributed by atoms with Gasteiger partial charge in [0.05, 0.1) is 19.7 Å². The highest BCUT2D eigenvalue weighted by Gasteiger charge is 2.26. The van der Waals surface area contributed by atoms with Crippen LogP contribution in [0.3, 0.4) is 0 Å². The van der Waals surface area contributed by atoms with Crippen molar-refractivity contribution in [2.45, 2.75) is 83.3 Å². The fourth-order valence-electron chi connectivity index (χ4n) is 5.15. The van der Waals surface area contributed by atoms with E-state index in [1.54, 1.807) is 12.1 Å². The molecule has 0 fully saturated rings. The third-order valence-corrected chi connectivity index (χ3v) is 8.49. The Balaban J connectivity index is 1.98. The molecule has 3 atom stereocenters. The number of phenols is 1. The molecule has 4 amide bonds. The number of ether oxygens (including phenoxy) is 1. The van der Waals surface area contributed by atoms with Crippen LogP contribution in [-0.4, -0.2) is 85.0 Å². The molecule has 0 bridgehead atoms. The Kier molecular flexibility index (Phi) is 17.3. The van der Waals surface area contributed by atoms with Gasteiger partial charge in [0.2, 0.25) is 23.6 Å². The van der Waals surface area contributed by atoms with Gasteiger partial charge >= 0.3 is 5.97 Å². The Hall–Kier alpha value is -4.10. The van der Waals surface area contributed by atoms with Crippen molar-refractivity contribution in [1.82, 2.24) is 21.3 Å². The SMILES string of the molecule is [2H]N[C@@H](Cc1c(C)cc(O)cc1C)C(=O)N[C@@H](CCSC)C(=O)NCC(=O)N[C@@H](Cc1ccccc1)C(=O)NCCCCCCC(=O)OC. The van der Waals surface area contributed by atoms with E-state index in [0.717, 1.165) is 35.1 Å². The number of rotatable bonds is 22. The molecule has 0 aliphatic rings. The smallest absolute Gasteiger partial charge is 0.305 e. The normalized spacial score (nSPS) is 13.0. The zero-order valence-corrected chi connectivity index (χ0v) is 29.2. The predicted molar refractivity (Wildman–Crippen MR) is 187 cm³/mol. The number of nitrogens with two attached hydrogens (primary N) is 1. The van der Waals surface area contributed by atoms with Crippen molar-refractivity contribution in [3.63, 3.8) is 0 Å². The average Bonchev–Trinajstić information content (AvgIpc) is 3.08. The van der Waals surface area contributed by atoms with Crippen LogP contribution in [0.5, 0.6) is 5.75 Å². The standard InChI is InChI=1S/C35H51N5O7S/c1-23-18-26(41)19-24(2)27(23)21-28(36)33(44)40-29(15-17-48-4)34(45)38-22-31(42)39-30(20-25-12-8-7-9-13-25)35(46)37-16-11-6-5-10-14-32(43)47-3/h7-9,12-13,18-19,28-30,41H,5-6,10-11,14-17,20-22,36H2,1-4H3,(H,37,46)(H,38,45)(H,39,42)(H,40,44)/t28-,29-,30-/m0/s1/i/hD.